The molecule has 2 fully saturated rings. The van der Waals surface area contributed by atoms with Gasteiger partial charge in [-0.3, -0.25) is 14.6 Å². The maximum absolute atomic E-state index is 14.3. The summed E-state index contributed by atoms with van der Waals surface area (Å²) in [5, 5.41) is 0. The molecule has 0 aliphatic carbocycles. The second-order valence-electron chi connectivity index (χ2n) is 10.3. The van der Waals surface area contributed by atoms with Gasteiger partial charge in [-0.15, -0.1) is 0 Å². The van der Waals surface area contributed by atoms with Crippen LogP contribution in [0.4, 0.5) is 18.9 Å². The molecular formula is C30H30BrF3N4O4. The summed E-state index contributed by atoms with van der Waals surface area (Å²) in [6.45, 7) is 1.89. The standard InChI is InChI=1S/C30H30BrF3N4O4/c1-41-26-6-3-2-5-25(26)36-15-17-37(18-16-36)28(40)29(42-22-9-7-21(31)8-10-22)12-4-14-38(20-29)27(39)23-19-35-13-11-24(23)30(32,33)34/h2-3,5-11,13,19H,4,12,14-18,20H2,1H3. The van der Waals surface area contributed by atoms with E-state index in [4.69, 9.17) is 9.47 Å². The number of piperidine rings is 1. The zero-order chi connectivity index (χ0) is 29.9. The van der Waals surface area contributed by atoms with Crippen molar-refractivity contribution in [3.05, 3.63) is 82.6 Å². The predicted octanol–water partition coefficient (Wildman–Crippen LogP) is 5.27. The second-order valence-corrected chi connectivity index (χ2v) is 11.2. The minimum Gasteiger partial charge on any atom is -0.495 e. The Kier molecular flexibility index (Phi) is 8.63. The summed E-state index contributed by atoms with van der Waals surface area (Å²) < 4.78 is 53.9. The average Bonchev–Trinajstić information content (AvgIpc) is 3.01. The van der Waals surface area contributed by atoms with Crippen LogP contribution in [0.15, 0.2) is 71.5 Å². The maximum Gasteiger partial charge on any atom is 0.417 e. The molecule has 1 atom stereocenters. The lowest BCUT2D eigenvalue weighted by Crippen LogP contribution is -2.64. The SMILES string of the molecule is COc1ccccc1N1CCN(C(=O)C2(Oc3ccc(Br)cc3)CCCN(C(=O)c3cnccc3C(F)(F)F)C2)CC1. The third kappa shape index (κ3) is 6.18. The smallest absolute Gasteiger partial charge is 0.417 e. The summed E-state index contributed by atoms with van der Waals surface area (Å²) in [5.74, 6) is 0.0192. The third-order valence-electron chi connectivity index (χ3n) is 7.61. The molecule has 2 aliphatic rings. The van der Waals surface area contributed by atoms with Gasteiger partial charge >= 0.3 is 6.18 Å². The molecule has 8 nitrogen and oxygen atoms in total. The van der Waals surface area contributed by atoms with E-state index in [9.17, 15) is 22.8 Å². The molecule has 0 N–H and O–H groups in total. The van der Waals surface area contributed by atoms with E-state index in [1.54, 1.807) is 36.3 Å². The van der Waals surface area contributed by atoms with Gasteiger partial charge in [0, 0.05) is 49.6 Å². The minimum absolute atomic E-state index is 0.186. The number of carbonyl (C=O) groups is 2. The van der Waals surface area contributed by atoms with Crippen molar-refractivity contribution in [1.29, 1.82) is 0 Å². The average molecular weight is 647 g/mol. The highest BCUT2D eigenvalue weighted by Gasteiger charge is 2.49. The number of hydrogen-bond acceptors (Lipinski definition) is 6. The Hall–Kier alpha value is -3.80. The lowest BCUT2D eigenvalue weighted by atomic mass is 9.89. The summed E-state index contributed by atoms with van der Waals surface area (Å²) in [7, 11) is 1.61. The molecule has 2 saturated heterocycles. The quantitative estimate of drug-likeness (QED) is 0.363. The van der Waals surface area contributed by atoms with Crippen molar-refractivity contribution >= 4 is 33.4 Å². The molecule has 1 unspecified atom stereocenters. The number of methoxy groups -OCH3 is 1. The number of nitrogens with zero attached hydrogens (tertiary/aromatic N) is 4. The van der Waals surface area contributed by atoms with E-state index < -0.39 is 28.8 Å². The van der Waals surface area contributed by atoms with Crippen LogP contribution in [0.5, 0.6) is 11.5 Å². The van der Waals surface area contributed by atoms with E-state index in [0.717, 1.165) is 34.4 Å². The molecule has 12 heteroatoms. The molecular weight excluding hydrogens is 617 g/mol. The molecule has 0 bridgehead atoms. The van der Waals surface area contributed by atoms with Crippen LogP contribution in [-0.2, 0) is 11.0 Å². The first-order valence-corrected chi connectivity index (χ1v) is 14.3. The van der Waals surface area contributed by atoms with Crippen molar-refractivity contribution in [2.75, 3.05) is 51.3 Å². The molecule has 222 valence electrons. The molecule has 3 aromatic rings. The fourth-order valence-corrected chi connectivity index (χ4v) is 5.80. The zero-order valence-electron chi connectivity index (χ0n) is 22.9. The number of anilines is 1. The largest absolute Gasteiger partial charge is 0.495 e. The fraction of sp³-hybridized carbons (Fsp3) is 0.367. The highest BCUT2D eigenvalue weighted by atomic mass is 79.9. The van der Waals surface area contributed by atoms with Gasteiger partial charge in [0.25, 0.3) is 11.8 Å². The van der Waals surface area contributed by atoms with Gasteiger partial charge in [-0.25, -0.2) is 0 Å². The lowest BCUT2D eigenvalue weighted by Gasteiger charge is -2.45. The molecule has 2 aliphatic heterocycles. The van der Waals surface area contributed by atoms with E-state index >= 15 is 0 Å². The van der Waals surface area contributed by atoms with Gasteiger partial charge in [0.1, 0.15) is 11.5 Å². The Labute approximate surface area is 250 Å². The molecule has 0 spiro atoms. The van der Waals surface area contributed by atoms with Crippen LogP contribution in [0.1, 0.15) is 28.8 Å². The van der Waals surface area contributed by atoms with Gasteiger partial charge in [-0.05, 0) is 55.3 Å². The Morgan fingerprint density at radius 2 is 1.67 bits per heavy atom. The van der Waals surface area contributed by atoms with Crippen molar-refractivity contribution in [3.8, 4) is 11.5 Å². The van der Waals surface area contributed by atoms with Crippen LogP contribution >= 0.6 is 15.9 Å². The van der Waals surface area contributed by atoms with E-state index in [-0.39, 0.29) is 19.0 Å². The summed E-state index contributed by atoms with van der Waals surface area (Å²) in [5.41, 5.74) is -2.16. The Morgan fingerprint density at radius 3 is 2.36 bits per heavy atom. The summed E-state index contributed by atoms with van der Waals surface area (Å²) in [6, 6.07) is 15.4. The minimum atomic E-state index is -4.73. The Bertz CT molecular complexity index is 1430. The van der Waals surface area contributed by atoms with Crippen molar-refractivity contribution in [2.24, 2.45) is 0 Å². The number of benzene rings is 2. The van der Waals surface area contributed by atoms with Gasteiger partial charge < -0.3 is 24.2 Å². The van der Waals surface area contributed by atoms with Crippen molar-refractivity contribution in [2.45, 2.75) is 24.6 Å². The van der Waals surface area contributed by atoms with Gasteiger partial charge in [0.2, 0.25) is 5.60 Å². The second kappa shape index (κ2) is 12.2. The van der Waals surface area contributed by atoms with Gasteiger partial charge in [0.05, 0.1) is 30.5 Å². The first-order chi connectivity index (χ1) is 20.1. The normalized spacial score (nSPS) is 19.4. The van der Waals surface area contributed by atoms with Gasteiger partial charge in [-0.2, -0.15) is 13.2 Å². The Morgan fingerprint density at radius 1 is 0.952 bits per heavy atom. The number of carbonyl (C=O) groups excluding carboxylic acids is 2. The topological polar surface area (TPSA) is 75.2 Å². The van der Waals surface area contributed by atoms with Crippen molar-refractivity contribution in [1.82, 2.24) is 14.8 Å². The van der Waals surface area contributed by atoms with E-state index in [1.807, 2.05) is 24.3 Å². The molecule has 5 rings (SSSR count). The molecule has 1 aromatic heterocycles. The third-order valence-corrected chi connectivity index (χ3v) is 8.14. The van der Waals surface area contributed by atoms with Crippen LogP contribution in [-0.4, -0.2) is 78.6 Å². The number of pyridine rings is 1. The number of rotatable bonds is 6. The summed E-state index contributed by atoms with van der Waals surface area (Å²) in [4.78, 5) is 36.7. The van der Waals surface area contributed by atoms with Crippen LogP contribution in [0.2, 0.25) is 0 Å². The van der Waals surface area contributed by atoms with Crippen LogP contribution < -0.4 is 14.4 Å². The van der Waals surface area contributed by atoms with Gasteiger partial charge in [-0.1, -0.05) is 28.1 Å². The molecule has 0 radical (unpaired) electrons. The first-order valence-electron chi connectivity index (χ1n) is 13.5. The van der Waals surface area contributed by atoms with E-state index in [2.05, 4.69) is 25.8 Å². The van der Waals surface area contributed by atoms with E-state index in [1.165, 1.54) is 4.90 Å². The maximum atomic E-state index is 14.3. The molecule has 0 saturated carbocycles. The highest BCUT2D eigenvalue weighted by Crippen LogP contribution is 2.35. The number of amides is 2. The van der Waals surface area contributed by atoms with Crippen LogP contribution in [0.25, 0.3) is 0 Å². The number of hydrogen-bond donors (Lipinski definition) is 0. The molecule has 3 heterocycles. The number of alkyl halides is 3. The molecule has 2 aromatic carbocycles. The number of halogens is 4. The highest BCUT2D eigenvalue weighted by molar-refractivity contribution is 9.10. The number of aromatic nitrogens is 1. The van der Waals surface area contributed by atoms with Crippen LogP contribution in [0, 0.1) is 0 Å². The predicted molar refractivity (Wildman–Crippen MR) is 154 cm³/mol. The zero-order valence-corrected chi connectivity index (χ0v) is 24.5. The number of para-hydroxylation sites is 2. The Balaban J connectivity index is 1.41. The molecule has 2 amide bonds. The van der Waals surface area contributed by atoms with Gasteiger partial charge in [0.15, 0.2) is 0 Å². The number of ether oxygens (including phenoxy) is 2. The fourth-order valence-electron chi connectivity index (χ4n) is 5.54. The van der Waals surface area contributed by atoms with Crippen molar-refractivity contribution in [3.63, 3.8) is 0 Å². The summed E-state index contributed by atoms with van der Waals surface area (Å²) >= 11 is 3.39. The molecule has 42 heavy (non-hydrogen) atoms. The first kappa shape index (κ1) is 29.7. The van der Waals surface area contributed by atoms with Crippen LogP contribution in [0.3, 0.4) is 0 Å². The summed E-state index contributed by atoms with van der Waals surface area (Å²) in [6.07, 6.45) is -2.12. The lowest BCUT2D eigenvalue weighted by molar-refractivity contribution is -0.153. The van der Waals surface area contributed by atoms with E-state index in [0.29, 0.717) is 44.8 Å². The number of likely N-dealkylation sites (tertiary alicyclic amines) is 1. The van der Waals surface area contributed by atoms with Crippen molar-refractivity contribution < 1.29 is 32.2 Å². The number of piperazine rings is 1. The monoisotopic (exact) mass is 646 g/mol.